The van der Waals surface area contributed by atoms with E-state index >= 15 is 0 Å². The van der Waals surface area contributed by atoms with Crippen molar-refractivity contribution in [2.24, 2.45) is 0 Å². The predicted octanol–water partition coefficient (Wildman–Crippen LogP) is 7.59. The Morgan fingerprint density at radius 2 is 1.70 bits per heavy atom. The molecule has 222 valence electrons. The number of likely N-dealkylation sites (tertiary alicyclic amines) is 1. The Balaban J connectivity index is 1.40. The van der Waals surface area contributed by atoms with Gasteiger partial charge < -0.3 is 9.69 Å². The highest BCUT2D eigenvalue weighted by Crippen LogP contribution is 2.40. The zero-order valence-corrected chi connectivity index (χ0v) is 26.0. The van der Waals surface area contributed by atoms with Crippen LogP contribution < -0.4 is 0 Å². The molecule has 0 radical (unpaired) electrons. The summed E-state index contributed by atoms with van der Waals surface area (Å²) in [6, 6.07) is 21.6. The molecule has 1 saturated heterocycles. The lowest BCUT2D eigenvalue weighted by Gasteiger charge is -2.47. The zero-order valence-electron chi connectivity index (χ0n) is 25.3. The minimum Gasteiger partial charge on any atom is -0.338 e. The molecule has 0 spiro atoms. The Kier molecular flexibility index (Phi) is 9.38. The molecule has 5 rings (SSSR count). The molecule has 0 aliphatic carbocycles. The molecular weight excluding hydrogens is 556 g/mol. The quantitative estimate of drug-likeness (QED) is 0.177. The molecule has 3 aromatic carbocycles. The molecule has 0 unspecified atom stereocenters. The monoisotopic (exact) mass is 594 g/mol. The number of ketones is 1. The van der Waals surface area contributed by atoms with Gasteiger partial charge in [0.25, 0.3) is 5.91 Å². The van der Waals surface area contributed by atoms with Crippen LogP contribution in [0.5, 0.6) is 0 Å². The van der Waals surface area contributed by atoms with Gasteiger partial charge in [-0.15, -0.1) is 0 Å². The lowest BCUT2D eigenvalue weighted by Crippen LogP contribution is -2.52. The first-order valence-electron chi connectivity index (χ1n) is 15.0. The van der Waals surface area contributed by atoms with E-state index in [9.17, 15) is 9.59 Å². The molecule has 4 aromatic rings. The van der Waals surface area contributed by atoms with Crippen molar-refractivity contribution in [3.8, 4) is 11.3 Å². The molecule has 0 bridgehead atoms. The summed E-state index contributed by atoms with van der Waals surface area (Å²) in [7, 11) is 4.24. The third kappa shape index (κ3) is 6.56. The molecule has 7 heteroatoms. The van der Waals surface area contributed by atoms with Crippen LogP contribution in [-0.4, -0.2) is 58.6 Å². The number of aryl methyl sites for hydroxylation is 1. The Bertz CT molecular complexity index is 1640. The Hall–Kier alpha value is -3.87. The number of halogens is 1. The number of carbonyl (C=O) groups excluding carboxylic acids is 2. The van der Waals surface area contributed by atoms with E-state index in [1.807, 2.05) is 59.5 Å². The highest BCUT2D eigenvalue weighted by molar-refractivity contribution is 6.30. The molecule has 0 N–H and O–H groups in total. The average molecular weight is 595 g/mol. The fourth-order valence-corrected chi connectivity index (χ4v) is 6.35. The van der Waals surface area contributed by atoms with Gasteiger partial charge in [-0.1, -0.05) is 60.7 Å². The maximum Gasteiger partial charge on any atom is 0.253 e. The van der Waals surface area contributed by atoms with Crippen LogP contribution in [-0.2, 0) is 16.8 Å². The van der Waals surface area contributed by atoms with Crippen LogP contribution in [0.2, 0.25) is 5.02 Å². The summed E-state index contributed by atoms with van der Waals surface area (Å²) < 4.78 is 0. The van der Waals surface area contributed by atoms with E-state index in [4.69, 9.17) is 21.6 Å². The van der Waals surface area contributed by atoms with Crippen LogP contribution in [0, 0.1) is 0 Å². The fourth-order valence-electron chi connectivity index (χ4n) is 6.22. The zero-order chi connectivity index (χ0) is 30.6. The van der Waals surface area contributed by atoms with E-state index in [-0.39, 0.29) is 17.2 Å². The Morgan fingerprint density at radius 3 is 2.37 bits per heavy atom. The van der Waals surface area contributed by atoms with Crippen molar-refractivity contribution >= 4 is 40.4 Å². The Morgan fingerprint density at radius 1 is 0.977 bits per heavy atom. The number of piperidine rings is 1. The second kappa shape index (κ2) is 13.2. The van der Waals surface area contributed by atoms with E-state index in [0.717, 1.165) is 53.7 Å². The molecule has 43 heavy (non-hydrogen) atoms. The van der Waals surface area contributed by atoms with E-state index in [1.165, 1.54) is 5.56 Å². The van der Waals surface area contributed by atoms with E-state index in [1.54, 1.807) is 6.92 Å². The van der Waals surface area contributed by atoms with Crippen molar-refractivity contribution in [3.05, 3.63) is 101 Å². The number of Topliss-reactive ketones (excluding diaryl/α,β-unsaturated/α-hetero) is 1. The standard InChI is InChI=1S/C36H39ClN4O2/c1-5-26-11-7-8-12-30(26)36(40(3)4)20-22-41(23-21-36)35(43)28-16-19-31-33(24-28)38-32(13-9-6-10-25(2)42)34(39-31)27-14-17-29(37)18-15-27/h5,7-8,11-12,14-19,24H,1,6,9-10,13,20-23H2,2-4H3. The molecule has 1 aromatic heterocycles. The maximum atomic E-state index is 13.8. The third-order valence-electron chi connectivity index (χ3n) is 8.71. The third-order valence-corrected chi connectivity index (χ3v) is 8.96. The SMILES string of the molecule is C=Cc1ccccc1C1(N(C)C)CCN(C(=O)c2ccc3nc(-c4ccc(Cl)cc4)c(CCCCC(C)=O)nc3c2)CC1. The van der Waals surface area contributed by atoms with E-state index in [2.05, 4.69) is 43.8 Å². The summed E-state index contributed by atoms with van der Waals surface area (Å²) in [6.45, 7) is 6.96. The number of amides is 1. The number of rotatable bonds is 10. The highest BCUT2D eigenvalue weighted by atomic mass is 35.5. The van der Waals surface area contributed by atoms with Gasteiger partial charge in [0.2, 0.25) is 0 Å². The van der Waals surface area contributed by atoms with Crippen molar-refractivity contribution in [2.45, 2.75) is 51.0 Å². The van der Waals surface area contributed by atoms with Crippen LogP contribution >= 0.6 is 11.6 Å². The van der Waals surface area contributed by atoms with Gasteiger partial charge in [-0.3, -0.25) is 9.69 Å². The number of benzene rings is 3. The van der Waals surface area contributed by atoms with E-state index in [0.29, 0.717) is 42.0 Å². The van der Waals surface area contributed by atoms with Crippen LogP contribution in [0.4, 0.5) is 0 Å². The largest absolute Gasteiger partial charge is 0.338 e. The molecule has 1 aliphatic heterocycles. The fraction of sp³-hybridized carbons (Fsp3) is 0.333. The molecule has 6 nitrogen and oxygen atoms in total. The summed E-state index contributed by atoms with van der Waals surface area (Å²) in [5.74, 6) is 0.203. The lowest BCUT2D eigenvalue weighted by molar-refractivity contribution is -0.117. The summed E-state index contributed by atoms with van der Waals surface area (Å²) in [5, 5.41) is 0.661. The van der Waals surface area contributed by atoms with Gasteiger partial charge in [-0.2, -0.15) is 0 Å². The number of nitrogens with zero attached hydrogens (tertiary/aromatic N) is 4. The first-order valence-corrected chi connectivity index (χ1v) is 15.3. The van der Waals surface area contributed by atoms with Crippen molar-refractivity contribution in [1.82, 2.24) is 19.8 Å². The molecule has 0 saturated carbocycles. The number of carbonyl (C=O) groups is 2. The first kappa shape index (κ1) is 30.6. The van der Waals surface area contributed by atoms with Crippen molar-refractivity contribution in [1.29, 1.82) is 0 Å². The average Bonchev–Trinajstić information content (AvgIpc) is 3.02. The van der Waals surface area contributed by atoms with Gasteiger partial charge in [0.15, 0.2) is 0 Å². The van der Waals surface area contributed by atoms with Crippen molar-refractivity contribution in [2.75, 3.05) is 27.2 Å². The first-order chi connectivity index (χ1) is 20.7. The van der Waals surface area contributed by atoms with Crippen LogP contribution in [0.15, 0.2) is 73.3 Å². The topological polar surface area (TPSA) is 66.4 Å². The number of aromatic nitrogens is 2. The van der Waals surface area contributed by atoms with Gasteiger partial charge in [-0.25, -0.2) is 9.97 Å². The number of hydrogen-bond donors (Lipinski definition) is 0. The van der Waals surface area contributed by atoms with Crippen molar-refractivity contribution < 1.29 is 9.59 Å². The minimum absolute atomic E-state index is 0.0119. The van der Waals surface area contributed by atoms with Crippen LogP contribution in [0.3, 0.4) is 0 Å². The lowest BCUT2D eigenvalue weighted by atomic mass is 9.77. The van der Waals surface area contributed by atoms with Crippen LogP contribution in [0.1, 0.15) is 66.2 Å². The summed E-state index contributed by atoms with van der Waals surface area (Å²) in [6.07, 6.45) is 6.46. The van der Waals surface area contributed by atoms with Crippen molar-refractivity contribution in [3.63, 3.8) is 0 Å². The second-order valence-electron chi connectivity index (χ2n) is 11.6. The van der Waals surface area contributed by atoms with Crippen LogP contribution in [0.25, 0.3) is 28.4 Å². The molecule has 0 atom stereocenters. The molecular formula is C36H39ClN4O2. The van der Waals surface area contributed by atoms with Gasteiger partial charge in [0, 0.05) is 41.2 Å². The molecule has 2 heterocycles. The Labute approximate surface area is 259 Å². The minimum atomic E-state index is -0.161. The maximum absolute atomic E-state index is 13.8. The predicted molar refractivity (Wildman–Crippen MR) is 175 cm³/mol. The molecule has 1 aliphatic rings. The van der Waals surface area contributed by atoms with Gasteiger partial charge in [0.05, 0.1) is 22.4 Å². The summed E-state index contributed by atoms with van der Waals surface area (Å²) in [5.41, 5.74) is 6.90. The highest BCUT2D eigenvalue weighted by Gasteiger charge is 2.40. The number of fused-ring (bicyclic) bond motifs is 1. The van der Waals surface area contributed by atoms with E-state index < -0.39 is 0 Å². The smallest absolute Gasteiger partial charge is 0.253 e. The number of unbranched alkanes of at least 4 members (excludes halogenated alkanes) is 1. The normalized spacial score (nSPS) is 14.7. The molecule has 1 amide bonds. The summed E-state index contributed by atoms with van der Waals surface area (Å²) >= 11 is 6.14. The summed E-state index contributed by atoms with van der Waals surface area (Å²) in [4.78, 5) is 39.5. The second-order valence-corrected chi connectivity index (χ2v) is 12.1. The number of hydrogen-bond acceptors (Lipinski definition) is 5. The van der Waals surface area contributed by atoms with Gasteiger partial charge in [-0.05, 0) is 94.6 Å². The van der Waals surface area contributed by atoms with Gasteiger partial charge in [0.1, 0.15) is 5.78 Å². The van der Waals surface area contributed by atoms with Gasteiger partial charge >= 0.3 is 0 Å². The molecule has 1 fully saturated rings.